The van der Waals surface area contributed by atoms with Crippen molar-refractivity contribution in [2.75, 3.05) is 47.5 Å². The smallest absolute Gasteiger partial charge is 0.306 e. The summed E-state index contributed by atoms with van der Waals surface area (Å²) < 4.78 is 22.6. The summed E-state index contributed by atoms with van der Waals surface area (Å²) in [6, 6.07) is 0. The molecule has 2 atom stereocenters. The fraction of sp³-hybridized carbons (Fsp3) is 0.544. The Labute approximate surface area is 469 Å². The van der Waals surface area contributed by atoms with Crippen LogP contribution < -0.4 is 5.11 Å². The summed E-state index contributed by atoms with van der Waals surface area (Å²) in [6.07, 6.45) is 82.7. The van der Waals surface area contributed by atoms with Gasteiger partial charge in [0, 0.05) is 12.8 Å². The number of carbonyl (C=O) groups excluding carboxylic acids is 3. The molecule has 2 unspecified atom stereocenters. The molecule has 77 heavy (non-hydrogen) atoms. The van der Waals surface area contributed by atoms with Crippen LogP contribution in [-0.2, 0) is 33.3 Å². The van der Waals surface area contributed by atoms with Crippen molar-refractivity contribution in [2.45, 2.75) is 193 Å². The molecule has 0 spiro atoms. The second kappa shape index (κ2) is 56.8. The topological polar surface area (TPSA) is 111 Å². The van der Waals surface area contributed by atoms with Crippen molar-refractivity contribution in [3.05, 3.63) is 170 Å². The van der Waals surface area contributed by atoms with Crippen LogP contribution in [0.2, 0.25) is 0 Å². The Morgan fingerprint density at radius 2 is 0.714 bits per heavy atom. The first-order valence-electron chi connectivity index (χ1n) is 29.3. The molecular weight excluding hydrogens is 959 g/mol. The van der Waals surface area contributed by atoms with Crippen molar-refractivity contribution in [3.8, 4) is 0 Å². The number of nitrogens with zero attached hydrogens (tertiary/aromatic N) is 1. The quantitative estimate of drug-likeness (QED) is 0.0195. The maximum absolute atomic E-state index is 12.9. The van der Waals surface area contributed by atoms with Crippen LogP contribution in [0.3, 0.4) is 0 Å². The fourth-order valence-corrected chi connectivity index (χ4v) is 7.03. The van der Waals surface area contributed by atoms with Gasteiger partial charge >= 0.3 is 11.9 Å². The molecule has 430 valence electrons. The lowest BCUT2D eigenvalue weighted by molar-refractivity contribution is -0.870. The number of ether oxygens (including phenoxy) is 4. The van der Waals surface area contributed by atoms with Crippen LogP contribution >= 0.6 is 0 Å². The summed E-state index contributed by atoms with van der Waals surface area (Å²) in [5, 5.41) is 11.8. The molecule has 0 rings (SSSR count). The summed E-state index contributed by atoms with van der Waals surface area (Å²) in [5.74, 6) is -2.40. The van der Waals surface area contributed by atoms with E-state index in [9.17, 15) is 19.5 Å². The normalized spacial score (nSPS) is 14.0. The van der Waals surface area contributed by atoms with Gasteiger partial charge in [0.1, 0.15) is 13.2 Å². The summed E-state index contributed by atoms with van der Waals surface area (Å²) in [6.45, 7) is 4.40. The Bertz CT molecular complexity index is 1860. The molecule has 9 nitrogen and oxygen atoms in total. The Balaban J connectivity index is 4.33. The van der Waals surface area contributed by atoms with E-state index in [0.29, 0.717) is 23.9 Å². The van der Waals surface area contributed by atoms with Gasteiger partial charge in [-0.1, -0.05) is 216 Å². The first-order valence-corrected chi connectivity index (χ1v) is 29.3. The number of rotatable bonds is 51. The standard InChI is InChI=1S/C68H105NO8/c1-6-8-10-12-14-16-18-20-22-24-25-26-27-28-29-30-31-32-33-34-35-36-37-38-39-40-41-43-45-47-49-51-53-55-57-59-66(71)77-64(63-76-68(67(72)73)74-61-60-69(3,4)5)62-75-65(70)58-56-54-52-50-48-46-44-42-23-21-19-17-15-13-11-9-7-2/h8-11,14-17,20-23,25-26,28-29,31-32,34-35,37-38,40-41,44,46,50,52,64,68H,6-7,12-13,18-19,24,27,30,33,36,39,42-43,45,47-49,51,53-63H2,1-5H3/b10-8-,11-9-,16-14-,17-15-,22-20-,23-21-,26-25-,29-28-,32-31-,35-34-,38-37-,41-40-,46-44-,52-50-. The molecule has 0 aromatic heterocycles. The molecule has 0 aromatic rings. The predicted molar refractivity (Wildman–Crippen MR) is 324 cm³/mol. The van der Waals surface area contributed by atoms with Crippen molar-refractivity contribution < 1.29 is 42.9 Å². The average molecular weight is 1060 g/mol. The molecule has 0 aromatic carbocycles. The number of carboxylic acids is 1. The van der Waals surface area contributed by atoms with Gasteiger partial charge in [-0.05, 0) is 122 Å². The molecule has 0 bridgehead atoms. The van der Waals surface area contributed by atoms with Crippen LogP contribution in [0, 0.1) is 0 Å². The third-order valence-electron chi connectivity index (χ3n) is 11.5. The molecule has 0 aliphatic carbocycles. The molecule has 0 aliphatic rings. The highest BCUT2D eigenvalue weighted by Gasteiger charge is 2.21. The molecule has 0 heterocycles. The van der Waals surface area contributed by atoms with E-state index < -0.39 is 30.3 Å². The third kappa shape index (κ3) is 58.2. The number of unbranched alkanes of at least 4 members (excludes halogenated alkanes) is 8. The van der Waals surface area contributed by atoms with E-state index >= 15 is 0 Å². The van der Waals surface area contributed by atoms with Crippen molar-refractivity contribution in [1.29, 1.82) is 0 Å². The largest absolute Gasteiger partial charge is 0.545 e. The van der Waals surface area contributed by atoms with Crippen LogP contribution in [0.1, 0.15) is 181 Å². The zero-order chi connectivity index (χ0) is 56.2. The van der Waals surface area contributed by atoms with Crippen molar-refractivity contribution >= 4 is 17.9 Å². The predicted octanol–water partition coefficient (Wildman–Crippen LogP) is 16.2. The number of hydrogen-bond donors (Lipinski definition) is 0. The molecule has 0 amide bonds. The van der Waals surface area contributed by atoms with Gasteiger partial charge in [0.15, 0.2) is 12.4 Å². The molecule has 0 radical (unpaired) electrons. The summed E-state index contributed by atoms with van der Waals surface area (Å²) >= 11 is 0. The highest BCUT2D eigenvalue weighted by Crippen LogP contribution is 2.13. The van der Waals surface area contributed by atoms with Gasteiger partial charge in [0.2, 0.25) is 0 Å². The lowest BCUT2D eigenvalue weighted by Crippen LogP contribution is -2.44. The van der Waals surface area contributed by atoms with E-state index in [4.69, 9.17) is 18.9 Å². The van der Waals surface area contributed by atoms with Gasteiger partial charge in [-0.2, -0.15) is 0 Å². The third-order valence-corrected chi connectivity index (χ3v) is 11.5. The first-order chi connectivity index (χ1) is 37.6. The molecule has 0 aliphatic heterocycles. The minimum atomic E-state index is -1.65. The van der Waals surface area contributed by atoms with Crippen molar-refractivity contribution in [2.24, 2.45) is 0 Å². The number of likely N-dealkylation sites (N-methyl/N-ethyl adjacent to an activating group) is 1. The number of aliphatic carboxylic acids is 1. The fourth-order valence-electron chi connectivity index (χ4n) is 7.03. The molecule has 0 fully saturated rings. The first kappa shape index (κ1) is 71.7. The van der Waals surface area contributed by atoms with Crippen LogP contribution in [0.4, 0.5) is 0 Å². The molecule has 0 N–H and O–H groups in total. The minimum Gasteiger partial charge on any atom is -0.545 e. The summed E-state index contributed by atoms with van der Waals surface area (Å²) in [7, 11) is 5.88. The highest BCUT2D eigenvalue weighted by atomic mass is 16.7. The van der Waals surface area contributed by atoms with Crippen molar-refractivity contribution in [1.82, 2.24) is 0 Å². The molecule has 0 saturated heterocycles. The van der Waals surface area contributed by atoms with Gasteiger partial charge in [-0.25, -0.2) is 0 Å². The Hall–Kier alpha value is -5.35. The van der Waals surface area contributed by atoms with Crippen LogP contribution in [0.5, 0.6) is 0 Å². The molecule has 9 heteroatoms. The number of allylic oxidation sites excluding steroid dienone is 28. The summed E-state index contributed by atoms with van der Waals surface area (Å²) in [5.41, 5.74) is 0. The van der Waals surface area contributed by atoms with Crippen LogP contribution in [0.15, 0.2) is 170 Å². The Morgan fingerprint density at radius 1 is 0.390 bits per heavy atom. The van der Waals surface area contributed by atoms with E-state index in [1.165, 1.54) is 12.8 Å². The summed E-state index contributed by atoms with van der Waals surface area (Å²) in [4.78, 5) is 37.2. The van der Waals surface area contributed by atoms with Gasteiger partial charge in [0.25, 0.3) is 0 Å². The zero-order valence-corrected chi connectivity index (χ0v) is 48.7. The van der Waals surface area contributed by atoms with E-state index in [1.54, 1.807) is 0 Å². The number of hydrogen-bond acceptors (Lipinski definition) is 8. The SMILES string of the molecule is CC/C=C\C/C=C\C/C=C\C/C=C\C/C=C\C/C=C\C/C=C\C/C=C\C/C=C\CCCCCCCCCC(=O)OC(COC(=O)CCC/C=C\C/C=C\C/C=C\C/C=C\C/C=C\CC)COC(OCC[N+](C)(C)C)C(=O)[O-]. The number of quaternary nitrogens is 1. The second-order valence-electron chi connectivity index (χ2n) is 19.8. The van der Waals surface area contributed by atoms with E-state index in [1.807, 2.05) is 21.1 Å². The van der Waals surface area contributed by atoms with Gasteiger partial charge in [0.05, 0.1) is 40.3 Å². The molecular formula is C68H105NO8. The van der Waals surface area contributed by atoms with Gasteiger partial charge < -0.3 is 33.3 Å². The zero-order valence-electron chi connectivity index (χ0n) is 48.7. The van der Waals surface area contributed by atoms with E-state index in [2.05, 4.69) is 184 Å². The maximum Gasteiger partial charge on any atom is 0.306 e. The lowest BCUT2D eigenvalue weighted by atomic mass is 10.1. The van der Waals surface area contributed by atoms with Crippen LogP contribution in [0.25, 0.3) is 0 Å². The second-order valence-corrected chi connectivity index (χ2v) is 19.8. The van der Waals surface area contributed by atoms with E-state index in [0.717, 1.165) is 128 Å². The van der Waals surface area contributed by atoms with Crippen LogP contribution in [-0.4, -0.2) is 82.3 Å². The van der Waals surface area contributed by atoms with Gasteiger partial charge in [-0.3, -0.25) is 9.59 Å². The average Bonchev–Trinajstić information content (AvgIpc) is 3.40. The Morgan fingerprint density at radius 3 is 1.08 bits per heavy atom. The number of esters is 2. The lowest BCUT2D eigenvalue weighted by Gasteiger charge is -2.26. The van der Waals surface area contributed by atoms with E-state index in [-0.39, 0.29) is 32.7 Å². The highest BCUT2D eigenvalue weighted by molar-refractivity contribution is 5.70. The molecule has 0 saturated carbocycles. The minimum absolute atomic E-state index is 0.126. The Kier molecular flexibility index (Phi) is 52.9. The number of carboxylic acid groups (broad SMARTS) is 1. The monoisotopic (exact) mass is 1060 g/mol. The maximum atomic E-state index is 12.9. The van der Waals surface area contributed by atoms with Gasteiger partial charge in [-0.15, -0.1) is 0 Å². The number of carbonyl (C=O) groups is 3. The van der Waals surface area contributed by atoms with Crippen molar-refractivity contribution in [3.63, 3.8) is 0 Å².